The molecule has 2 amide bonds. The first-order chi connectivity index (χ1) is 10.6. The van der Waals surface area contributed by atoms with Crippen molar-refractivity contribution in [2.24, 2.45) is 0 Å². The van der Waals surface area contributed by atoms with Crippen LogP contribution in [0, 0.1) is 0 Å². The minimum Gasteiger partial charge on any atom is -0.326 e. The first-order valence-electron chi connectivity index (χ1n) is 6.55. The lowest BCUT2D eigenvalue weighted by atomic mass is 10.2. The van der Waals surface area contributed by atoms with Gasteiger partial charge in [0.1, 0.15) is 0 Å². The molecule has 7 heteroatoms. The van der Waals surface area contributed by atoms with E-state index in [9.17, 15) is 9.59 Å². The second-order valence-corrected chi connectivity index (χ2v) is 5.46. The summed E-state index contributed by atoms with van der Waals surface area (Å²) in [4.78, 5) is 27.3. The summed E-state index contributed by atoms with van der Waals surface area (Å²) in [6.07, 6.45) is 3.37. The largest absolute Gasteiger partial charge is 0.326 e. The molecule has 5 nitrogen and oxygen atoms in total. The van der Waals surface area contributed by atoms with Crippen LogP contribution in [0.1, 0.15) is 19.0 Å². The molecule has 114 valence electrons. The monoisotopic (exact) mass is 335 g/mol. The number of nitrogens with one attached hydrogen (secondary N) is 2. The zero-order valence-corrected chi connectivity index (χ0v) is 13.4. The van der Waals surface area contributed by atoms with Crippen LogP contribution in [-0.2, 0) is 9.59 Å². The summed E-state index contributed by atoms with van der Waals surface area (Å²) in [6.45, 7) is 1.76. The zero-order chi connectivity index (χ0) is 15.9. The van der Waals surface area contributed by atoms with Crippen LogP contribution in [0.2, 0.25) is 5.02 Å². The topological polar surface area (TPSA) is 71.1 Å². The molecule has 0 aliphatic carbocycles. The van der Waals surface area contributed by atoms with E-state index in [1.54, 1.807) is 36.7 Å². The highest BCUT2D eigenvalue weighted by Crippen LogP contribution is 2.25. The highest BCUT2D eigenvalue weighted by atomic mass is 35.5. The summed E-state index contributed by atoms with van der Waals surface area (Å²) in [5.41, 5.74) is 3.42. The fourth-order valence-electron chi connectivity index (χ4n) is 1.59. The number of hydrogen-bond donors (Lipinski definition) is 2. The summed E-state index contributed by atoms with van der Waals surface area (Å²) in [5, 5.41) is 7.61. The van der Waals surface area contributed by atoms with Gasteiger partial charge in [-0.05, 0) is 24.3 Å². The number of hydrogen-bond acceptors (Lipinski definition) is 4. The summed E-state index contributed by atoms with van der Waals surface area (Å²) in [7, 11) is 0. The third-order valence-corrected chi connectivity index (χ3v) is 3.62. The predicted molar refractivity (Wildman–Crippen MR) is 90.2 cm³/mol. The van der Waals surface area contributed by atoms with Crippen LogP contribution in [0.4, 0.5) is 11.4 Å². The molecule has 0 fully saturated rings. The van der Waals surface area contributed by atoms with E-state index in [0.717, 1.165) is 5.69 Å². The Labute approximate surface area is 137 Å². The first kappa shape index (κ1) is 16.2. The van der Waals surface area contributed by atoms with Crippen molar-refractivity contribution >= 4 is 52.2 Å². The lowest BCUT2D eigenvalue weighted by Crippen LogP contribution is -2.11. The van der Waals surface area contributed by atoms with Crippen molar-refractivity contribution in [3.63, 3.8) is 0 Å². The highest BCUT2D eigenvalue weighted by Gasteiger charge is 2.06. The number of anilines is 2. The van der Waals surface area contributed by atoms with Crippen LogP contribution >= 0.6 is 22.9 Å². The van der Waals surface area contributed by atoms with Crippen LogP contribution in [-0.4, -0.2) is 16.8 Å². The van der Waals surface area contributed by atoms with Crippen LogP contribution in [0.15, 0.2) is 35.2 Å². The summed E-state index contributed by atoms with van der Waals surface area (Å²) in [6, 6.07) is 4.91. The normalized spacial score (nSPS) is 10.6. The quantitative estimate of drug-likeness (QED) is 0.816. The lowest BCUT2D eigenvalue weighted by Gasteiger charge is -2.09. The number of carbonyl (C=O) groups excluding carboxylic acids is 2. The van der Waals surface area contributed by atoms with Gasteiger partial charge in [0, 0.05) is 23.6 Å². The molecule has 0 spiro atoms. The Morgan fingerprint density at radius 2 is 2.18 bits per heavy atom. The maximum atomic E-state index is 11.9. The smallest absolute Gasteiger partial charge is 0.248 e. The molecule has 0 radical (unpaired) electrons. The van der Waals surface area contributed by atoms with E-state index in [1.807, 2.05) is 5.38 Å². The molecule has 0 saturated carbocycles. The Kier molecular flexibility index (Phi) is 5.68. The van der Waals surface area contributed by atoms with Gasteiger partial charge in [0.15, 0.2) is 0 Å². The molecule has 0 aliphatic heterocycles. The number of aromatic nitrogens is 1. The molecule has 1 aromatic heterocycles. The Bertz CT molecular complexity index is 699. The van der Waals surface area contributed by atoms with Crippen LogP contribution < -0.4 is 10.6 Å². The van der Waals surface area contributed by atoms with Gasteiger partial charge in [0.2, 0.25) is 11.8 Å². The molecule has 1 heterocycles. The highest BCUT2D eigenvalue weighted by molar-refractivity contribution is 7.07. The van der Waals surface area contributed by atoms with Crippen molar-refractivity contribution in [1.29, 1.82) is 0 Å². The second kappa shape index (κ2) is 7.72. The van der Waals surface area contributed by atoms with Gasteiger partial charge in [-0.3, -0.25) is 9.59 Å². The molecule has 0 unspecified atom stereocenters. The molecular weight excluding hydrogens is 322 g/mol. The minimum atomic E-state index is -0.325. The Morgan fingerprint density at radius 3 is 2.86 bits per heavy atom. The Hall–Kier alpha value is -2.18. The Balaban J connectivity index is 2.06. The molecule has 0 atom stereocenters. The van der Waals surface area contributed by atoms with E-state index >= 15 is 0 Å². The molecule has 2 N–H and O–H groups in total. The third-order valence-electron chi connectivity index (χ3n) is 2.69. The number of thiazole rings is 1. The first-order valence-corrected chi connectivity index (χ1v) is 7.87. The van der Waals surface area contributed by atoms with Crippen molar-refractivity contribution in [3.8, 4) is 0 Å². The van der Waals surface area contributed by atoms with Crippen molar-refractivity contribution in [2.75, 3.05) is 10.6 Å². The molecular formula is C15H14ClN3O2S. The van der Waals surface area contributed by atoms with Crippen molar-refractivity contribution < 1.29 is 9.59 Å². The fraction of sp³-hybridized carbons (Fsp3) is 0.133. The lowest BCUT2D eigenvalue weighted by molar-refractivity contribution is -0.116. The maximum Gasteiger partial charge on any atom is 0.248 e. The van der Waals surface area contributed by atoms with Gasteiger partial charge in [-0.1, -0.05) is 18.5 Å². The molecule has 2 aromatic rings. The average Bonchev–Trinajstić information content (AvgIpc) is 3.02. The average molecular weight is 336 g/mol. The van der Waals surface area contributed by atoms with Gasteiger partial charge in [-0.25, -0.2) is 4.98 Å². The predicted octanol–water partition coefficient (Wildman–Crippen LogP) is 3.80. The number of halogens is 1. The third kappa shape index (κ3) is 4.68. The SMILES string of the molecule is CCC(=O)Nc1ccc(Cl)c(NC(=O)C=Cc2cscn2)c1. The van der Waals surface area contributed by atoms with Gasteiger partial charge in [0.25, 0.3) is 0 Å². The molecule has 2 rings (SSSR count). The van der Waals surface area contributed by atoms with E-state index in [1.165, 1.54) is 17.4 Å². The van der Waals surface area contributed by atoms with Gasteiger partial charge < -0.3 is 10.6 Å². The molecule has 0 bridgehead atoms. The number of carbonyl (C=O) groups is 2. The van der Waals surface area contributed by atoms with E-state index < -0.39 is 0 Å². The number of nitrogens with zero attached hydrogens (tertiary/aromatic N) is 1. The van der Waals surface area contributed by atoms with E-state index in [-0.39, 0.29) is 11.8 Å². The van der Waals surface area contributed by atoms with Gasteiger partial charge in [-0.15, -0.1) is 11.3 Å². The Morgan fingerprint density at radius 1 is 1.36 bits per heavy atom. The number of amides is 2. The van der Waals surface area contributed by atoms with Crippen molar-refractivity contribution in [3.05, 3.63) is 45.9 Å². The second-order valence-electron chi connectivity index (χ2n) is 4.33. The van der Waals surface area contributed by atoms with E-state index in [0.29, 0.717) is 22.8 Å². The minimum absolute atomic E-state index is 0.108. The van der Waals surface area contributed by atoms with Gasteiger partial charge in [-0.2, -0.15) is 0 Å². The summed E-state index contributed by atoms with van der Waals surface area (Å²) < 4.78 is 0. The molecule has 0 aliphatic rings. The number of benzene rings is 1. The summed E-state index contributed by atoms with van der Waals surface area (Å²) >= 11 is 7.50. The van der Waals surface area contributed by atoms with Crippen LogP contribution in [0.25, 0.3) is 6.08 Å². The van der Waals surface area contributed by atoms with Crippen molar-refractivity contribution in [1.82, 2.24) is 4.98 Å². The van der Waals surface area contributed by atoms with E-state index in [4.69, 9.17) is 11.6 Å². The molecule has 1 aromatic carbocycles. The van der Waals surface area contributed by atoms with Crippen molar-refractivity contribution in [2.45, 2.75) is 13.3 Å². The van der Waals surface area contributed by atoms with Crippen LogP contribution in [0.3, 0.4) is 0 Å². The standard InChI is InChI=1S/C15H14ClN3O2S/c1-2-14(20)18-10-3-5-12(16)13(7-10)19-15(21)6-4-11-8-22-9-17-11/h3-9H,2H2,1H3,(H,18,20)(H,19,21). The van der Waals surface area contributed by atoms with Gasteiger partial charge >= 0.3 is 0 Å². The molecule has 0 saturated heterocycles. The zero-order valence-electron chi connectivity index (χ0n) is 11.8. The molecule has 22 heavy (non-hydrogen) atoms. The fourth-order valence-corrected chi connectivity index (χ4v) is 2.27. The van der Waals surface area contributed by atoms with Gasteiger partial charge in [0.05, 0.1) is 21.9 Å². The maximum absolute atomic E-state index is 11.9. The van der Waals surface area contributed by atoms with Crippen LogP contribution in [0.5, 0.6) is 0 Å². The van der Waals surface area contributed by atoms with E-state index in [2.05, 4.69) is 15.6 Å². The summed E-state index contributed by atoms with van der Waals surface area (Å²) in [5.74, 6) is -0.433. The number of rotatable bonds is 5.